The molecule has 1 saturated carbocycles. The van der Waals surface area contributed by atoms with E-state index in [4.69, 9.17) is 4.74 Å². The lowest BCUT2D eigenvalue weighted by Crippen LogP contribution is -2.33. The molecule has 0 saturated heterocycles. The van der Waals surface area contributed by atoms with Gasteiger partial charge in [-0.1, -0.05) is 38.8 Å². The lowest BCUT2D eigenvalue weighted by molar-refractivity contribution is 0.260. The number of rotatable bonds is 9. The Morgan fingerprint density at radius 2 is 1.90 bits per heavy atom. The molecule has 0 aliphatic heterocycles. The smallest absolute Gasteiger partial charge is 0.119 e. The number of nitrogens with one attached hydrogen (secondary N) is 1. The Balaban J connectivity index is 1.70. The van der Waals surface area contributed by atoms with E-state index in [2.05, 4.69) is 43.4 Å². The van der Waals surface area contributed by atoms with E-state index in [9.17, 15) is 0 Å². The van der Waals surface area contributed by atoms with Gasteiger partial charge in [0.2, 0.25) is 0 Å². The third-order valence-electron chi connectivity index (χ3n) is 4.54. The zero-order valence-corrected chi connectivity index (χ0v) is 13.7. The summed E-state index contributed by atoms with van der Waals surface area (Å²) in [5.74, 6) is 1.82. The highest BCUT2D eigenvalue weighted by Gasteiger charge is 2.26. The molecule has 118 valence electrons. The molecule has 1 aromatic rings. The second-order valence-corrected chi connectivity index (χ2v) is 6.28. The molecule has 1 aliphatic carbocycles. The number of hydrogen-bond acceptors (Lipinski definition) is 2. The molecule has 1 aromatic carbocycles. The maximum Gasteiger partial charge on any atom is 0.119 e. The molecule has 1 aliphatic rings. The van der Waals surface area contributed by atoms with Crippen LogP contribution in [-0.2, 0) is 6.42 Å². The van der Waals surface area contributed by atoms with Gasteiger partial charge in [-0.3, -0.25) is 0 Å². The number of aryl methyl sites for hydroxylation is 1. The standard InChI is InChI=1S/C19H31NO/c1-3-6-16-9-11-18(12-10-16)21-15-13-17-7-5-8-19(17)20-14-4-2/h9-12,17,19-20H,3-8,13-15H2,1-2H3. The highest BCUT2D eigenvalue weighted by molar-refractivity contribution is 5.27. The summed E-state index contributed by atoms with van der Waals surface area (Å²) in [5, 5.41) is 3.70. The Morgan fingerprint density at radius 1 is 1.10 bits per heavy atom. The van der Waals surface area contributed by atoms with Gasteiger partial charge in [0.1, 0.15) is 5.75 Å². The first kappa shape index (κ1) is 16.4. The molecule has 0 heterocycles. The average Bonchev–Trinajstić information content (AvgIpc) is 2.95. The van der Waals surface area contributed by atoms with Crippen molar-refractivity contribution < 1.29 is 4.74 Å². The van der Waals surface area contributed by atoms with Crippen LogP contribution in [0.1, 0.15) is 57.9 Å². The molecule has 0 amide bonds. The number of hydrogen-bond donors (Lipinski definition) is 1. The molecule has 0 radical (unpaired) electrons. The highest BCUT2D eigenvalue weighted by atomic mass is 16.5. The first-order valence-corrected chi connectivity index (χ1v) is 8.78. The van der Waals surface area contributed by atoms with Crippen LogP contribution in [-0.4, -0.2) is 19.2 Å². The van der Waals surface area contributed by atoms with Crippen LogP contribution in [0.15, 0.2) is 24.3 Å². The summed E-state index contributed by atoms with van der Waals surface area (Å²) in [6.07, 6.45) is 8.84. The summed E-state index contributed by atoms with van der Waals surface area (Å²) in [7, 11) is 0. The molecule has 2 rings (SSSR count). The van der Waals surface area contributed by atoms with Crippen molar-refractivity contribution in [2.24, 2.45) is 5.92 Å². The predicted octanol–water partition coefficient (Wildman–Crippen LogP) is 4.58. The predicted molar refractivity (Wildman–Crippen MR) is 90.0 cm³/mol. The molecular formula is C19H31NO. The lowest BCUT2D eigenvalue weighted by Gasteiger charge is -2.21. The van der Waals surface area contributed by atoms with E-state index in [1.165, 1.54) is 44.1 Å². The Kier molecular flexibility index (Phi) is 7.08. The highest BCUT2D eigenvalue weighted by Crippen LogP contribution is 2.28. The summed E-state index contributed by atoms with van der Waals surface area (Å²) in [6, 6.07) is 9.35. The lowest BCUT2D eigenvalue weighted by atomic mass is 10.00. The molecule has 2 atom stereocenters. The van der Waals surface area contributed by atoms with Crippen LogP contribution in [0.2, 0.25) is 0 Å². The summed E-state index contributed by atoms with van der Waals surface area (Å²) < 4.78 is 5.93. The van der Waals surface area contributed by atoms with Gasteiger partial charge in [-0.15, -0.1) is 0 Å². The molecule has 1 fully saturated rings. The van der Waals surface area contributed by atoms with E-state index in [0.29, 0.717) is 0 Å². The molecule has 0 bridgehead atoms. The maximum absolute atomic E-state index is 5.93. The summed E-state index contributed by atoms with van der Waals surface area (Å²) in [6.45, 7) is 6.46. The third kappa shape index (κ3) is 5.35. The van der Waals surface area contributed by atoms with E-state index in [-0.39, 0.29) is 0 Å². The number of ether oxygens (including phenoxy) is 1. The van der Waals surface area contributed by atoms with Crippen LogP contribution in [0, 0.1) is 5.92 Å². The van der Waals surface area contributed by atoms with Crippen molar-refractivity contribution in [2.75, 3.05) is 13.2 Å². The van der Waals surface area contributed by atoms with Gasteiger partial charge in [0.25, 0.3) is 0 Å². The van der Waals surface area contributed by atoms with Crippen LogP contribution in [0.5, 0.6) is 5.75 Å². The Morgan fingerprint density at radius 3 is 2.62 bits per heavy atom. The third-order valence-corrected chi connectivity index (χ3v) is 4.54. The fraction of sp³-hybridized carbons (Fsp3) is 0.684. The van der Waals surface area contributed by atoms with Crippen LogP contribution in [0.3, 0.4) is 0 Å². The summed E-state index contributed by atoms with van der Waals surface area (Å²) in [4.78, 5) is 0. The summed E-state index contributed by atoms with van der Waals surface area (Å²) >= 11 is 0. The van der Waals surface area contributed by atoms with Crippen molar-refractivity contribution in [3.05, 3.63) is 29.8 Å². The van der Waals surface area contributed by atoms with E-state index in [0.717, 1.165) is 37.3 Å². The SMILES string of the molecule is CCCNC1CCCC1CCOc1ccc(CCC)cc1. The Hall–Kier alpha value is -1.02. The largest absolute Gasteiger partial charge is 0.494 e. The quantitative estimate of drug-likeness (QED) is 0.718. The normalized spacial score (nSPS) is 21.6. The van der Waals surface area contributed by atoms with Crippen molar-refractivity contribution in [3.63, 3.8) is 0 Å². The minimum atomic E-state index is 0.723. The molecule has 21 heavy (non-hydrogen) atoms. The maximum atomic E-state index is 5.93. The van der Waals surface area contributed by atoms with Gasteiger partial charge >= 0.3 is 0 Å². The molecule has 2 unspecified atom stereocenters. The molecular weight excluding hydrogens is 258 g/mol. The van der Waals surface area contributed by atoms with Gasteiger partial charge in [0, 0.05) is 6.04 Å². The minimum absolute atomic E-state index is 0.723. The second-order valence-electron chi connectivity index (χ2n) is 6.28. The van der Waals surface area contributed by atoms with Gasteiger partial charge in [-0.05, 0) is 62.3 Å². The molecule has 0 spiro atoms. The zero-order valence-electron chi connectivity index (χ0n) is 13.7. The van der Waals surface area contributed by atoms with E-state index >= 15 is 0 Å². The summed E-state index contributed by atoms with van der Waals surface area (Å²) in [5.41, 5.74) is 1.41. The minimum Gasteiger partial charge on any atom is -0.494 e. The van der Waals surface area contributed by atoms with Gasteiger partial charge < -0.3 is 10.1 Å². The number of benzene rings is 1. The van der Waals surface area contributed by atoms with Crippen molar-refractivity contribution in [2.45, 2.75) is 64.8 Å². The van der Waals surface area contributed by atoms with Crippen LogP contribution in [0.25, 0.3) is 0 Å². The molecule has 2 nitrogen and oxygen atoms in total. The zero-order chi connectivity index (χ0) is 14.9. The first-order valence-electron chi connectivity index (χ1n) is 8.78. The molecule has 0 aromatic heterocycles. The van der Waals surface area contributed by atoms with Gasteiger partial charge in [0.15, 0.2) is 0 Å². The first-order chi connectivity index (χ1) is 10.3. The van der Waals surface area contributed by atoms with Crippen LogP contribution >= 0.6 is 0 Å². The fourth-order valence-electron chi connectivity index (χ4n) is 3.35. The van der Waals surface area contributed by atoms with Gasteiger partial charge in [0.05, 0.1) is 6.61 Å². The Bertz CT molecular complexity index is 387. The van der Waals surface area contributed by atoms with Crippen molar-refractivity contribution in [1.29, 1.82) is 0 Å². The average molecular weight is 289 g/mol. The van der Waals surface area contributed by atoms with E-state index in [1.807, 2.05) is 0 Å². The Labute approximate surface area is 130 Å². The van der Waals surface area contributed by atoms with Crippen molar-refractivity contribution in [1.82, 2.24) is 5.32 Å². The molecule has 1 N–H and O–H groups in total. The fourth-order valence-corrected chi connectivity index (χ4v) is 3.35. The van der Waals surface area contributed by atoms with E-state index in [1.54, 1.807) is 0 Å². The molecule has 2 heteroatoms. The van der Waals surface area contributed by atoms with Gasteiger partial charge in [-0.25, -0.2) is 0 Å². The van der Waals surface area contributed by atoms with Crippen molar-refractivity contribution >= 4 is 0 Å². The monoisotopic (exact) mass is 289 g/mol. The van der Waals surface area contributed by atoms with Crippen LogP contribution in [0.4, 0.5) is 0 Å². The van der Waals surface area contributed by atoms with E-state index < -0.39 is 0 Å². The van der Waals surface area contributed by atoms with Gasteiger partial charge in [-0.2, -0.15) is 0 Å². The van der Waals surface area contributed by atoms with Crippen molar-refractivity contribution in [3.8, 4) is 5.75 Å². The topological polar surface area (TPSA) is 21.3 Å². The second kappa shape index (κ2) is 9.09. The van der Waals surface area contributed by atoms with Crippen LogP contribution < -0.4 is 10.1 Å².